The Balaban J connectivity index is 1.02. The second-order valence-electron chi connectivity index (χ2n) is 17.7. The summed E-state index contributed by atoms with van der Waals surface area (Å²) in [6, 6.07) is 18.7. The first-order chi connectivity index (χ1) is 42.8. The first-order valence-electron chi connectivity index (χ1n) is 26.1. The van der Waals surface area contributed by atoms with Crippen LogP contribution in [0.25, 0.3) is 24.3 Å². The minimum atomic E-state index is -0.502. The number of phenols is 8. The predicted octanol–water partition coefficient (Wildman–Crippen LogP) is 7.62. The van der Waals surface area contributed by atoms with E-state index in [0.717, 1.165) is 0 Å². The van der Waals surface area contributed by atoms with Crippen molar-refractivity contribution in [2.24, 2.45) is 41.2 Å². The van der Waals surface area contributed by atoms with Gasteiger partial charge in [-0.3, -0.25) is 0 Å². The van der Waals surface area contributed by atoms with Crippen molar-refractivity contribution >= 4 is 74.0 Å². The Labute approximate surface area is 502 Å². The molecule has 460 valence electrons. The quantitative estimate of drug-likeness (QED) is 0.0786. The molecule has 0 aliphatic carbocycles. The maximum absolute atomic E-state index is 10.8. The lowest BCUT2D eigenvalue weighted by molar-refractivity contribution is 0.0552. The van der Waals surface area contributed by atoms with Crippen LogP contribution in [0.5, 0.6) is 69.0 Å². The number of aromatic hydroxyl groups is 8. The molecule has 6 aromatic carbocycles. The van der Waals surface area contributed by atoms with Gasteiger partial charge in [0, 0.05) is 44.5 Å². The number of phenolic OH excluding ortho intramolecular Hbond substituents is 8. The molecule has 0 saturated heterocycles. The fraction of sp³-hybridized carbons (Fsp3) is 0.200. The molecule has 0 radical (unpaired) electrons. The highest BCUT2D eigenvalue weighted by molar-refractivity contribution is 5.93. The van der Waals surface area contributed by atoms with Crippen LogP contribution in [-0.4, -0.2) is 172 Å². The number of benzene rings is 6. The smallest absolute Gasteiger partial charge is 0.167 e. The lowest BCUT2D eigenvalue weighted by Crippen LogP contribution is -1.99. The summed E-state index contributed by atoms with van der Waals surface area (Å²) in [6.07, 6.45) is 16.7. The van der Waals surface area contributed by atoms with E-state index in [9.17, 15) is 40.9 Å². The lowest BCUT2D eigenvalue weighted by atomic mass is 10.1. The third-order valence-corrected chi connectivity index (χ3v) is 11.9. The Morgan fingerprint density at radius 1 is 0.250 bits per heavy atom. The van der Waals surface area contributed by atoms with E-state index in [4.69, 9.17) is 57.6 Å². The van der Waals surface area contributed by atoms with Crippen LogP contribution < -0.4 is 18.9 Å². The molecule has 0 aromatic heterocycles. The summed E-state index contributed by atoms with van der Waals surface area (Å²) in [7, 11) is 5.56. The van der Waals surface area contributed by atoms with E-state index in [1.807, 2.05) is 0 Å². The molecular formula is C60H60N8O20. The monoisotopic (exact) mass is 1210 g/mol. The van der Waals surface area contributed by atoms with Crippen LogP contribution in [0, 0.1) is 0 Å². The molecule has 0 amide bonds. The fourth-order valence-corrected chi connectivity index (χ4v) is 7.50. The predicted molar refractivity (Wildman–Crippen MR) is 324 cm³/mol. The van der Waals surface area contributed by atoms with E-state index in [-0.39, 0.29) is 143 Å². The van der Waals surface area contributed by atoms with Gasteiger partial charge >= 0.3 is 0 Å². The average molecular weight is 1210 g/mol. The fourth-order valence-electron chi connectivity index (χ4n) is 7.50. The van der Waals surface area contributed by atoms with Gasteiger partial charge in [0.05, 0.1) is 78.2 Å². The van der Waals surface area contributed by atoms with E-state index in [2.05, 4.69) is 41.2 Å². The van der Waals surface area contributed by atoms with Gasteiger partial charge in [0.15, 0.2) is 122 Å². The zero-order chi connectivity index (χ0) is 62.6. The summed E-state index contributed by atoms with van der Waals surface area (Å²) < 4.78 is 21.5. The maximum atomic E-state index is 10.8. The SMILES string of the molecule is COc1cc2cc(c1O)C=NOCCON=Cc1ccc(c(O)c1O)C=NOCCON=Cc1cc(cc(OC)c1O)C=Cc1cc(c(O)c(OC)c1)C=NOCCON=Cc1ccc(c(O)c1O)C=NOCCON=Cc1cc(cc(OC)c1O)C=C2. The highest BCUT2D eigenvalue weighted by Crippen LogP contribution is 2.37. The summed E-state index contributed by atoms with van der Waals surface area (Å²) in [6.45, 7) is -0.576. The van der Waals surface area contributed by atoms with Crippen molar-refractivity contribution in [3.05, 3.63) is 140 Å². The third-order valence-electron chi connectivity index (χ3n) is 11.9. The second kappa shape index (κ2) is 32.9. The third kappa shape index (κ3) is 18.1. The van der Waals surface area contributed by atoms with Crippen LogP contribution in [0.1, 0.15) is 66.8 Å². The van der Waals surface area contributed by atoms with E-state index in [1.165, 1.54) is 102 Å². The highest BCUT2D eigenvalue weighted by Gasteiger charge is 2.15. The van der Waals surface area contributed by atoms with E-state index >= 15 is 0 Å². The largest absolute Gasteiger partial charge is 0.504 e. The molecule has 0 fully saturated rings. The van der Waals surface area contributed by atoms with Crippen molar-refractivity contribution in [1.29, 1.82) is 0 Å². The van der Waals surface area contributed by atoms with Gasteiger partial charge in [-0.2, -0.15) is 0 Å². The summed E-state index contributed by atoms with van der Waals surface area (Å²) in [4.78, 5) is 42.0. The number of ether oxygens (including phenoxy) is 4. The van der Waals surface area contributed by atoms with Crippen LogP contribution in [0.15, 0.2) is 114 Å². The number of methoxy groups -OCH3 is 4. The van der Waals surface area contributed by atoms with E-state index in [1.54, 1.807) is 72.8 Å². The molecular weight excluding hydrogens is 1150 g/mol. The highest BCUT2D eigenvalue weighted by atomic mass is 16.7. The molecule has 88 heavy (non-hydrogen) atoms. The summed E-state index contributed by atoms with van der Waals surface area (Å²) in [5, 5.41) is 117. The van der Waals surface area contributed by atoms with Gasteiger partial charge in [-0.05, 0) is 95.1 Å². The minimum Gasteiger partial charge on any atom is -0.504 e. The zero-order valence-corrected chi connectivity index (χ0v) is 47.6. The molecule has 8 N–H and O–H groups in total. The molecule has 4 aliphatic rings. The topological polar surface area (TPSA) is 371 Å². The standard InChI is InChI=1S/C60H60N8O20/c1-77-49-25-37-5-6-38-22-46(54(70)50(26-38)78-2)34-66-86-18-14-82-62-31-43-11-12-44(60(76)59(43)75)32-64-84-16-20-88-68-36-48-24-40(28-52(80-4)56(48)72)8-7-39-23-47(55(71)51(27-39)79-3)35-67-87-19-15-83-63-30-42-10-9-41(57(73)58(42)74)29-61-81-13-17-85-65-33-45(21-37)53(49)69/h5-12,21-36,69-76H,13-20H2,1-4H3. The Morgan fingerprint density at radius 2 is 0.420 bits per heavy atom. The molecule has 10 rings (SSSR count). The van der Waals surface area contributed by atoms with Crippen molar-refractivity contribution in [1.82, 2.24) is 0 Å². The summed E-state index contributed by atoms with van der Waals surface area (Å²) in [5.41, 5.74) is 3.84. The number of oxime groups is 8. The molecule has 0 unspecified atom stereocenters. The molecule has 0 atom stereocenters. The van der Waals surface area contributed by atoms with Crippen LogP contribution in [0.2, 0.25) is 0 Å². The number of nitrogens with zero attached hydrogens (tertiary/aromatic N) is 8. The van der Waals surface area contributed by atoms with Crippen molar-refractivity contribution < 1.29 is 98.5 Å². The molecule has 4 heterocycles. The molecule has 0 saturated carbocycles. The van der Waals surface area contributed by atoms with Gasteiger partial charge in [0.2, 0.25) is 0 Å². The normalized spacial score (nSPS) is 14.0. The van der Waals surface area contributed by atoms with E-state index < -0.39 is 23.0 Å². The maximum Gasteiger partial charge on any atom is 0.167 e. The Hall–Kier alpha value is -11.8. The van der Waals surface area contributed by atoms with Crippen molar-refractivity contribution in [3.63, 3.8) is 0 Å². The number of rotatable bonds is 4. The first kappa shape index (κ1) is 63.7. The van der Waals surface area contributed by atoms with Gasteiger partial charge in [-0.15, -0.1) is 0 Å². The van der Waals surface area contributed by atoms with Crippen molar-refractivity contribution in [3.8, 4) is 69.0 Å². The molecule has 4 aliphatic heterocycles. The molecule has 28 nitrogen and oxygen atoms in total. The van der Waals surface area contributed by atoms with Crippen LogP contribution in [0.3, 0.4) is 0 Å². The van der Waals surface area contributed by atoms with Gasteiger partial charge in [0.25, 0.3) is 0 Å². The number of hydrogen-bond acceptors (Lipinski definition) is 28. The van der Waals surface area contributed by atoms with Gasteiger partial charge in [-0.25, -0.2) is 0 Å². The molecule has 0 spiro atoms. The Morgan fingerprint density at radius 3 is 0.591 bits per heavy atom. The van der Waals surface area contributed by atoms with E-state index in [0.29, 0.717) is 22.3 Å². The average Bonchev–Trinajstić information content (AvgIpc) is 3.73. The summed E-state index contributed by atoms with van der Waals surface area (Å²) >= 11 is 0. The molecule has 28 heteroatoms. The first-order valence-corrected chi connectivity index (χ1v) is 26.1. The summed E-state index contributed by atoms with van der Waals surface area (Å²) in [5.74, 6) is -2.24. The van der Waals surface area contributed by atoms with Crippen LogP contribution in [-0.2, 0) is 38.7 Å². The number of hydrogen-bond donors (Lipinski definition) is 8. The van der Waals surface area contributed by atoms with Gasteiger partial charge in [-0.1, -0.05) is 65.5 Å². The van der Waals surface area contributed by atoms with Crippen LogP contribution in [0.4, 0.5) is 0 Å². The zero-order valence-electron chi connectivity index (χ0n) is 47.6. The minimum absolute atomic E-state index is 0.0696. The van der Waals surface area contributed by atoms with Gasteiger partial charge in [0.1, 0.15) is 0 Å². The van der Waals surface area contributed by atoms with Crippen molar-refractivity contribution in [2.45, 2.75) is 0 Å². The van der Waals surface area contributed by atoms with Crippen LogP contribution >= 0.6 is 0 Å². The molecule has 12 bridgehead atoms. The Kier molecular flexibility index (Phi) is 23.8. The lowest BCUT2D eigenvalue weighted by Gasteiger charge is -2.09. The van der Waals surface area contributed by atoms with Crippen molar-refractivity contribution in [2.75, 3.05) is 81.3 Å². The molecule has 6 aromatic rings. The Bertz CT molecular complexity index is 3210. The second-order valence-corrected chi connectivity index (χ2v) is 17.7. The van der Waals surface area contributed by atoms with Gasteiger partial charge < -0.3 is 98.5 Å².